The van der Waals surface area contributed by atoms with Crippen molar-refractivity contribution in [2.75, 3.05) is 11.9 Å². The molecule has 0 bridgehead atoms. The largest absolute Gasteiger partial charge is 0.492 e. The van der Waals surface area contributed by atoms with Gasteiger partial charge in [0, 0.05) is 23.4 Å². The van der Waals surface area contributed by atoms with Crippen molar-refractivity contribution in [3.63, 3.8) is 0 Å². The molecule has 1 heterocycles. The topological polar surface area (TPSA) is 67.4 Å². The average molecular weight is 418 g/mol. The van der Waals surface area contributed by atoms with Crippen molar-refractivity contribution in [2.24, 2.45) is 5.92 Å². The molecule has 2 amide bonds. The smallest absolute Gasteiger partial charge is 0.255 e. The molecule has 1 unspecified atom stereocenters. The number of fused-ring (bicyclic) bond motifs is 1. The van der Waals surface area contributed by atoms with E-state index in [0.29, 0.717) is 29.0 Å². The number of aryl methyl sites for hydroxylation is 1. The standard InChI is InChI=1S/C25H23FN2O3/c1-16-6-8-17(9-7-16)25(30)28-21-10-11-23-19(13-21)12-20(15-31-23)24(29)27-14-18-4-2-3-5-22(18)26/h2-11,13,20H,12,14-15H2,1H3,(H,27,29)(H,28,30). The maximum atomic E-state index is 13.8. The summed E-state index contributed by atoms with van der Waals surface area (Å²) < 4.78 is 19.5. The molecule has 0 fully saturated rings. The molecule has 0 saturated carbocycles. The van der Waals surface area contributed by atoms with Crippen LogP contribution in [0, 0.1) is 18.7 Å². The van der Waals surface area contributed by atoms with E-state index >= 15 is 0 Å². The Kier molecular flexibility index (Phi) is 5.98. The SMILES string of the molecule is Cc1ccc(C(=O)Nc2ccc3c(c2)CC(C(=O)NCc2ccccc2F)CO3)cc1. The van der Waals surface area contributed by atoms with Crippen LogP contribution in [0.3, 0.4) is 0 Å². The predicted octanol–water partition coefficient (Wildman–Crippen LogP) is 4.25. The van der Waals surface area contributed by atoms with Gasteiger partial charge in [0.1, 0.15) is 18.2 Å². The Morgan fingerprint density at radius 3 is 2.61 bits per heavy atom. The molecule has 158 valence electrons. The van der Waals surface area contributed by atoms with E-state index in [9.17, 15) is 14.0 Å². The van der Waals surface area contributed by atoms with E-state index in [2.05, 4.69) is 10.6 Å². The van der Waals surface area contributed by atoms with Crippen LogP contribution in [0.5, 0.6) is 5.75 Å². The molecule has 1 atom stereocenters. The third-order valence-corrected chi connectivity index (χ3v) is 5.32. The van der Waals surface area contributed by atoms with Crippen LogP contribution in [0.4, 0.5) is 10.1 Å². The first-order valence-corrected chi connectivity index (χ1v) is 10.1. The second kappa shape index (κ2) is 9.00. The number of halogens is 1. The van der Waals surface area contributed by atoms with Crippen LogP contribution in [0.2, 0.25) is 0 Å². The predicted molar refractivity (Wildman–Crippen MR) is 117 cm³/mol. The van der Waals surface area contributed by atoms with Crippen molar-refractivity contribution in [1.29, 1.82) is 0 Å². The van der Waals surface area contributed by atoms with Crippen LogP contribution in [-0.2, 0) is 17.8 Å². The fraction of sp³-hybridized carbons (Fsp3) is 0.200. The number of anilines is 1. The maximum absolute atomic E-state index is 13.8. The molecule has 0 aliphatic carbocycles. The molecule has 0 aromatic heterocycles. The molecule has 6 heteroatoms. The first kappa shape index (κ1) is 20.6. The van der Waals surface area contributed by atoms with Gasteiger partial charge in [-0.05, 0) is 55.3 Å². The molecule has 4 rings (SSSR count). The molecule has 3 aromatic rings. The van der Waals surface area contributed by atoms with Gasteiger partial charge in [0.25, 0.3) is 5.91 Å². The number of amides is 2. The number of ether oxygens (including phenoxy) is 1. The molecule has 0 spiro atoms. The second-order valence-corrected chi connectivity index (χ2v) is 7.66. The highest BCUT2D eigenvalue weighted by Gasteiger charge is 2.26. The Balaban J connectivity index is 1.40. The summed E-state index contributed by atoms with van der Waals surface area (Å²) in [5.74, 6) is -0.422. The van der Waals surface area contributed by atoms with Crippen LogP contribution >= 0.6 is 0 Å². The fourth-order valence-corrected chi connectivity index (χ4v) is 3.52. The minimum atomic E-state index is -0.387. The number of hydrogen-bond donors (Lipinski definition) is 2. The molecule has 1 aliphatic rings. The van der Waals surface area contributed by atoms with Gasteiger partial charge >= 0.3 is 0 Å². The number of benzene rings is 3. The Bertz CT molecular complexity index is 1110. The maximum Gasteiger partial charge on any atom is 0.255 e. The fourth-order valence-electron chi connectivity index (χ4n) is 3.52. The highest BCUT2D eigenvalue weighted by atomic mass is 19.1. The summed E-state index contributed by atoms with van der Waals surface area (Å²) in [6.07, 6.45) is 0.479. The van der Waals surface area contributed by atoms with E-state index < -0.39 is 0 Å². The van der Waals surface area contributed by atoms with Gasteiger partial charge in [-0.15, -0.1) is 0 Å². The summed E-state index contributed by atoms with van der Waals surface area (Å²) in [5.41, 5.74) is 3.58. The summed E-state index contributed by atoms with van der Waals surface area (Å²) in [6.45, 7) is 2.35. The quantitative estimate of drug-likeness (QED) is 0.651. The molecular weight excluding hydrogens is 395 g/mol. The van der Waals surface area contributed by atoms with Crippen LogP contribution in [-0.4, -0.2) is 18.4 Å². The number of carbonyl (C=O) groups excluding carboxylic acids is 2. The van der Waals surface area contributed by atoms with Gasteiger partial charge in [-0.1, -0.05) is 35.9 Å². The van der Waals surface area contributed by atoms with Crippen LogP contribution in [0.25, 0.3) is 0 Å². The molecule has 3 aromatic carbocycles. The second-order valence-electron chi connectivity index (χ2n) is 7.66. The first-order valence-electron chi connectivity index (χ1n) is 10.1. The Morgan fingerprint density at radius 1 is 1.06 bits per heavy atom. The Hall–Kier alpha value is -3.67. The lowest BCUT2D eigenvalue weighted by Gasteiger charge is -2.25. The van der Waals surface area contributed by atoms with Gasteiger partial charge in [0.05, 0.1) is 5.92 Å². The lowest BCUT2D eigenvalue weighted by Crippen LogP contribution is -2.37. The van der Waals surface area contributed by atoms with E-state index in [1.807, 2.05) is 25.1 Å². The zero-order chi connectivity index (χ0) is 21.8. The van der Waals surface area contributed by atoms with E-state index in [-0.39, 0.29) is 36.7 Å². The zero-order valence-electron chi connectivity index (χ0n) is 17.2. The minimum Gasteiger partial charge on any atom is -0.492 e. The molecule has 0 radical (unpaired) electrons. The number of rotatable bonds is 5. The normalized spacial score (nSPS) is 14.8. The van der Waals surface area contributed by atoms with Crippen LogP contribution in [0.1, 0.15) is 27.0 Å². The third kappa shape index (κ3) is 4.91. The highest BCUT2D eigenvalue weighted by Crippen LogP contribution is 2.30. The first-order chi connectivity index (χ1) is 15.0. The van der Waals surface area contributed by atoms with E-state index in [1.54, 1.807) is 42.5 Å². The number of carbonyl (C=O) groups is 2. The van der Waals surface area contributed by atoms with E-state index in [4.69, 9.17) is 4.74 Å². The molecular formula is C25H23FN2O3. The number of nitrogens with one attached hydrogen (secondary N) is 2. The van der Waals surface area contributed by atoms with Gasteiger partial charge in [0.2, 0.25) is 5.91 Å². The van der Waals surface area contributed by atoms with Crippen molar-refractivity contribution >= 4 is 17.5 Å². The van der Waals surface area contributed by atoms with Crippen LogP contribution in [0.15, 0.2) is 66.7 Å². The molecule has 5 nitrogen and oxygen atoms in total. The lowest BCUT2D eigenvalue weighted by molar-refractivity contribution is -0.126. The van der Waals surface area contributed by atoms with Gasteiger partial charge in [-0.3, -0.25) is 9.59 Å². The zero-order valence-corrected chi connectivity index (χ0v) is 17.2. The van der Waals surface area contributed by atoms with E-state index in [1.165, 1.54) is 6.07 Å². The number of hydrogen-bond acceptors (Lipinski definition) is 3. The third-order valence-electron chi connectivity index (χ3n) is 5.32. The van der Waals surface area contributed by atoms with Crippen molar-refractivity contribution < 1.29 is 18.7 Å². The van der Waals surface area contributed by atoms with Crippen molar-refractivity contribution in [3.05, 3.63) is 94.8 Å². The lowest BCUT2D eigenvalue weighted by atomic mass is 9.95. The summed E-state index contributed by atoms with van der Waals surface area (Å²) >= 11 is 0. The summed E-state index contributed by atoms with van der Waals surface area (Å²) in [4.78, 5) is 25.1. The monoisotopic (exact) mass is 418 g/mol. The Morgan fingerprint density at radius 2 is 1.84 bits per heavy atom. The van der Waals surface area contributed by atoms with Gasteiger partial charge < -0.3 is 15.4 Å². The molecule has 31 heavy (non-hydrogen) atoms. The average Bonchev–Trinajstić information content (AvgIpc) is 2.78. The summed E-state index contributed by atoms with van der Waals surface area (Å²) in [6, 6.07) is 19.1. The van der Waals surface area contributed by atoms with Gasteiger partial charge in [-0.2, -0.15) is 0 Å². The summed E-state index contributed by atoms with van der Waals surface area (Å²) in [7, 11) is 0. The van der Waals surface area contributed by atoms with Gasteiger partial charge in [0.15, 0.2) is 0 Å². The molecule has 1 aliphatic heterocycles. The van der Waals surface area contributed by atoms with Crippen molar-refractivity contribution in [1.82, 2.24) is 5.32 Å². The molecule has 2 N–H and O–H groups in total. The van der Waals surface area contributed by atoms with Gasteiger partial charge in [-0.25, -0.2) is 4.39 Å². The van der Waals surface area contributed by atoms with Crippen molar-refractivity contribution in [2.45, 2.75) is 19.9 Å². The summed E-state index contributed by atoms with van der Waals surface area (Å²) in [5, 5.41) is 5.67. The highest BCUT2D eigenvalue weighted by molar-refractivity contribution is 6.04. The van der Waals surface area contributed by atoms with Crippen molar-refractivity contribution in [3.8, 4) is 5.75 Å². The Labute approximate surface area is 180 Å². The minimum absolute atomic E-state index is 0.126. The van der Waals surface area contributed by atoms with Crippen LogP contribution < -0.4 is 15.4 Å². The van der Waals surface area contributed by atoms with E-state index in [0.717, 1.165) is 11.1 Å². The molecule has 0 saturated heterocycles.